The summed E-state index contributed by atoms with van der Waals surface area (Å²) in [5, 5.41) is 20.1. The van der Waals surface area contributed by atoms with E-state index < -0.39 is 19.9 Å². The second-order valence-electron chi connectivity index (χ2n) is 25.9. The number of amides is 2. The average molecular weight is 1340 g/mol. The zero-order valence-electron chi connectivity index (χ0n) is 53.1. The van der Waals surface area contributed by atoms with Gasteiger partial charge in [-0.3, -0.25) is 19.5 Å². The molecule has 498 valence electrons. The number of fused-ring (bicyclic) bond motifs is 2. The summed E-state index contributed by atoms with van der Waals surface area (Å²) in [6.45, 7) is 23.4. The van der Waals surface area contributed by atoms with Crippen LogP contribution in [0, 0.1) is 29.7 Å². The fraction of sp³-hybridized carbons (Fsp3) is 0.588. The van der Waals surface area contributed by atoms with Crippen molar-refractivity contribution in [1.29, 1.82) is 5.26 Å². The SMILES string of the molecule is [C-]#[N+]c1cc(Cl)cc2c1C[C@H](N1CCC[C@H](C)C1)[C@H]2Oc1ccc(S(=O)(=O)C[C@H]2CCN(CCOCCNC(=O)NCCCCCC(=O)CCCOCCN3CC[C@H](NS(=O)(=O)c4ccc(O[C@H]5c6cc(Cl)cc(C#N)c6C[C@@H]5N5CCN[C@H](C)C5)cc4)C3)C2)cc1. The molecule has 4 aliphatic heterocycles. The van der Waals surface area contributed by atoms with E-state index in [1.807, 2.05) is 12.1 Å². The summed E-state index contributed by atoms with van der Waals surface area (Å²) in [7, 11) is -7.34. The maximum absolute atomic E-state index is 13.6. The molecule has 2 aliphatic carbocycles. The van der Waals surface area contributed by atoms with Crippen molar-refractivity contribution in [2.75, 3.05) is 117 Å². The molecule has 92 heavy (non-hydrogen) atoms. The molecule has 0 saturated carbocycles. The topological polar surface area (TPSA) is 229 Å². The van der Waals surface area contributed by atoms with Crippen molar-refractivity contribution >= 4 is 60.6 Å². The lowest BCUT2D eigenvalue weighted by atomic mass is 9.97. The van der Waals surface area contributed by atoms with Crippen LogP contribution < -0.4 is 30.1 Å². The molecule has 8 atom stereocenters. The highest BCUT2D eigenvalue weighted by Gasteiger charge is 2.43. The van der Waals surface area contributed by atoms with Gasteiger partial charge in [0.15, 0.2) is 15.5 Å². The maximum Gasteiger partial charge on any atom is 0.314 e. The van der Waals surface area contributed by atoms with Crippen molar-refractivity contribution in [1.82, 2.24) is 40.3 Å². The van der Waals surface area contributed by atoms with Crippen LogP contribution in [0.15, 0.2) is 82.6 Å². The molecule has 20 nitrogen and oxygen atoms in total. The number of nitrogens with zero attached hydrogens (tertiary/aromatic N) is 6. The number of likely N-dealkylation sites (tertiary alicyclic amines) is 3. The first-order chi connectivity index (χ1) is 44.4. The number of carbonyl (C=O) groups excluding carboxylic acids is 2. The largest absolute Gasteiger partial charge is 0.484 e. The number of sulfonamides is 1. The van der Waals surface area contributed by atoms with Crippen LogP contribution in [0.25, 0.3) is 4.85 Å². The number of ketones is 1. The average Bonchev–Trinajstić information content (AvgIpc) is 1.63. The molecule has 24 heteroatoms. The van der Waals surface area contributed by atoms with Gasteiger partial charge in [0.1, 0.15) is 29.5 Å². The Bertz CT molecular complexity index is 3260. The Balaban J connectivity index is 0.525. The molecule has 4 fully saturated rings. The van der Waals surface area contributed by atoms with Crippen LogP contribution in [-0.4, -0.2) is 190 Å². The number of piperidine rings is 1. The number of sulfone groups is 1. The number of halogens is 2. The summed E-state index contributed by atoms with van der Waals surface area (Å²) in [6, 6.07) is 22.7. The van der Waals surface area contributed by atoms with Gasteiger partial charge >= 0.3 is 6.03 Å². The quantitative estimate of drug-likeness (QED) is 0.0272. The van der Waals surface area contributed by atoms with Crippen molar-refractivity contribution in [3.05, 3.63) is 122 Å². The number of rotatable bonds is 31. The van der Waals surface area contributed by atoms with Crippen LogP contribution in [0.2, 0.25) is 10.0 Å². The van der Waals surface area contributed by atoms with Crippen molar-refractivity contribution in [2.45, 2.75) is 137 Å². The summed E-state index contributed by atoms with van der Waals surface area (Å²) in [6.07, 6.45) is 8.33. The molecule has 10 rings (SSSR count). The Labute approximate surface area is 554 Å². The second kappa shape index (κ2) is 32.8. The number of benzene rings is 4. The molecule has 2 amide bonds. The summed E-state index contributed by atoms with van der Waals surface area (Å²) in [5.41, 5.74) is 4.86. The zero-order valence-corrected chi connectivity index (χ0v) is 56.2. The molecule has 4 heterocycles. The van der Waals surface area contributed by atoms with Crippen LogP contribution in [0.5, 0.6) is 11.5 Å². The molecule has 4 aromatic rings. The number of hydrogen-bond donors (Lipinski definition) is 4. The lowest BCUT2D eigenvalue weighted by Crippen LogP contribution is -2.54. The molecule has 0 spiro atoms. The minimum absolute atomic E-state index is 0.00268. The first kappa shape index (κ1) is 69.4. The number of ether oxygens (including phenoxy) is 4. The highest BCUT2D eigenvalue weighted by molar-refractivity contribution is 7.91. The number of piperazine rings is 1. The normalized spacial score (nSPS) is 23.8. The van der Waals surface area contributed by atoms with Gasteiger partial charge in [0.05, 0.1) is 65.7 Å². The summed E-state index contributed by atoms with van der Waals surface area (Å²) in [4.78, 5) is 38.4. The molecule has 0 aromatic heterocycles. The first-order valence-corrected chi connectivity index (χ1v) is 36.9. The van der Waals surface area contributed by atoms with E-state index in [-0.39, 0.29) is 63.6 Å². The van der Waals surface area contributed by atoms with Crippen LogP contribution in [0.1, 0.15) is 118 Å². The number of urea groups is 1. The van der Waals surface area contributed by atoms with Gasteiger partial charge in [-0.2, -0.15) is 5.26 Å². The molecule has 0 unspecified atom stereocenters. The zero-order chi connectivity index (χ0) is 64.8. The smallest absolute Gasteiger partial charge is 0.314 e. The number of nitriles is 1. The van der Waals surface area contributed by atoms with Gasteiger partial charge in [-0.1, -0.05) is 36.5 Å². The van der Waals surface area contributed by atoms with Gasteiger partial charge in [0.2, 0.25) is 10.0 Å². The Morgan fingerprint density at radius 3 is 2.02 bits per heavy atom. The van der Waals surface area contributed by atoms with Crippen LogP contribution in [-0.2, 0) is 47.0 Å². The number of nitrogens with one attached hydrogen (secondary N) is 4. The van der Waals surface area contributed by atoms with Crippen LogP contribution in [0.4, 0.5) is 10.5 Å². The van der Waals surface area contributed by atoms with Crippen molar-refractivity contribution < 1.29 is 45.4 Å². The highest BCUT2D eigenvalue weighted by atomic mass is 35.5. The van der Waals surface area contributed by atoms with Gasteiger partial charge in [0.25, 0.3) is 0 Å². The van der Waals surface area contributed by atoms with E-state index in [9.17, 15) is 31.7 Å². The third kappa shape index (κ3) is 18.7. The molecule has 6 aliphatic rings. The third-order valence-corrected chi connectivity index (χ3v) is 22.8. The first-order valence-electron chi connectivity index (χ1n) is 33.0. The highest BCUT2D eigenvalue weighted by Crippen LogP contribution is 2.46. The number of carbonyl (C=O) groups is 2. The minimum atomic E-state index is -3.79. The third-order valence-electron chi connectivity index (χ3n) is 18.9. The van der Waals surface area contributed by atoms with E-state index in [1.165, 1.54) is 6.42 Å². The maximum atomic E-state index is 13.6. The number of hydrogen-bond acceptors (Lipinski definition) is 16. The molecule has 4 saturated heterocycles. The van der Waals surface area contributed by atoms with E-state index >= 15 is 0 Å². The van der Waals surface area contributed by atoms with Gasteiger partial charge in [0, 0.05) is 107 Å². The lowest BCUT2D eigenvalue weighted by molar-refractivity contribution is -0.119. The molecular weight excluding hydrogens is 1250 g/mol. The van der Waals surface area contributed by atoms with E-state index in [4.69, 9.17) is 48.7 Å². The molecule has 0 radical (unpaired) electrons. The molecule has 0 bridgehead atoms. The van der Waals surface area contributed by atoms with E-state index in [1.54, 1.807) is 60.7 Å². The van der Waals surface area contributed by atoms with Crippen LogP contribution in [0.3, 0.4) is 0 Å². The van der Waals surface area contributed by atoms with Crippen molar-refractivity contribution in [3.63, 3.8) is 0 Å². The fourth-order valence-corrected chi connectivity index (χ4v) is 17.6. The Kier molecular flexibility index (Phi) is 24.7. The predicted molar refractivity (Wildman–Crippen MR) is 355 cm³/mol. The van der Waals surface area contributed by atoms with E-state index in [0.29, 0.717) is 149 Å². The van der Waals surface area contributed by atoms with Crippen molar-refractivity contribution in [3.8, 4) is 17.6 Å². The van der Waals surface area contributed by atoms with Crippen LogP contribution >= 0.6 is 23.2 Å². The van der Waals surface area contributed by atoms with Gasteiger partial charge in [-0.25, -0.2) is 31.2 Å². The Hall–Kier alpha value is -5.44. The molecular formula is C68H90Cl2N10O10S2. The summed E-state index contributed by atoms with van der Waals surface area (Å²) < 4.78 is 82.1. The summed E-state index contributed by atoms with van der Waals surface area (Å²) in [5.74, 6) is 1.94. The minimum Gasteiger partial charge on any atom is -0.484 e. The Morgan fingerprint density at radius 1 is 0.696 bits per heavy atom. The lowest BCUT2D eigenvalue weighted by Gasteiger charge is -2.38. The monoisotopic (exact) mass is 1340 g/mol. The van der Waals surface area contributed by atoms with Gasteiger partial charge in [-0.15, -0.1) is 0 Å². The standard InChI is InChI=1S/C68H90Cl2N10O10S2/c1-47-9-7-25-79(42-47)65-40-60-62(37-52(70)38-63(60)72-3)67(65)90-55-12-16-57(17-13-55)91(83,84)46-49-20-26-77(44-49)29-34-88-32-24-75-68(82)74-22-6-4-5-10-54(81)11-8-31-87-33-30-78-27-21-53(45-78)76-92(85,86)58-18-14-56(15-19-58)89-66-61-36-51(69)35-50(41-71)59(61)39-64(66)80-28-23-73-48(2)43-80/h12-19,35-38,47-49,53,64-67,73,76H,4-11,20-34,39-40,42-46H2,1-2H3,(H2,74,75,82)/t47-,48+,49-,53-,64-,65-,66-,67-/m0/s1. The van der Waals surface area contributed by atoms with Gasteiger partial charge < -0.3 is 39.8 Å². The number of Topliss-reactive ketones (excluding diaryl/α,β-unsaturated/α-hetero) is 1. The van der Waals surface area contributed by atoms with Crippen molar-refractivity contribution in [2.24, 2.45) is 11.8 Å². The molecule has 4 aromatic carbocycles. The Morgan fingerprint density at radius 2 is 1.33 bits per heavy atom. The van der Waals surface area contributed by atoms with E-state index in [2.05, 4.69) is 65.0 Å². The second-order valence-corrected chi connectivity index (χ2v) is 30.5. The summed E-state index contributed by atoms with van der Waals surface area (Å²) >= 11 is 13.0. The fourth-order valence-electron chi connectivity index (χ4n) is 14.2. The van der Waals surface area contributed by atoms with Gasteiger partial charge in [-0.05, 0) is 191 Å². The number of unbranched alkanes of at least 4 members (excludes halogenated alkanes) is 2. The predicted octanol–water partition coefficient (Wildman–Crippen LogP) is 8.92. The van der Waals surface area contributed by atoms with E-state index in [0.717, 1.165) is 100 Å². The molecule has 4 N–H and O–H groups in total.